The van der Waals surface area contributed by atoms with E-state index >= 15 is 0 Å². The van der Waals surface area contributed by atoms with Crippen LogP contribution in [0.5, 0.6) is 0 Å². The van der Waals surface area contributed by atoms with Crippen LogP contribution in [0, 0.1) is 0 Å². The number of H-pyrrole nitrogens is 2. The van der Waals surface area contributed by atoms with Crippen molar-refractivity contribution >= 4 is 46.1 Å². The molecule has 28 heavy (non-hydrogen) atoms. The van der Waals surface area contributed by atoms with E-state index in [1.807, 2.05) is 24.3 Å². The quantitative estimate of drug-likeness (QED) is 0.334. The molecule has 2 heterocycles. The van der Waals surface area contributed by atoms with E-state index in [9.17, 15) is 0 Å². The summed E-state index contributed by atoms with van der Waals surface area (Å²) in [6.45, 7) is 7.84. The van der Waals surface area contributed by atoms with Crippen molar-refractivity contribution in [3.8, 4) is 0 Å². The van der Waals surface area contributed by atoms with Gasteiger partial charge < -0.3 is 10.3 Å². The summed E-state index contributed by atoms with van der Waals surface area (Å²) in [4.78, 5) is 11.8. The fourth-order valence-corrected chi connectivity index (χ4v) is 3.01. The van der Waals surface area contributed by atoms with Crippen LogP contribution < -0.4 is 5.32 Å². The normalized spacial score (nSPS) is 12.1. The van der Waals surface area contributed by atoms with Crippen LogP contribution in [0.25, 0.3) is 27.9 Å². The van der Waals surface area contributed by atoms with Crippen LogP contribution in [0.3, 0.4) is 0 Å². The molecule has 2 aromatic heterocycles. The first-order chi connectivity index (χ1) is 13.7. The summed E-state index contributed by atoms with van der Waals surface area (Å²) in [7, 11) is 0. The van der Waals surface area contributed by atoms with E-state index in [0.717, 1.165) is 38.8 Å². The van der Waals surface area contributed by atoms with Gasteiger partial charge in [-0.3, -0.25) is 15.1 Å². The van der Waals surface area contributed by atoms with E-state index < -0.39 is 0 Å². The Hall–Kier alpha value is -3.93. The fourth-order valence-electron chi connectivity index (χ4n) is 3.01. The molecule has 0 aliphatic rings. The number of aromatic amines is 2. The highest BCUT2D eigenvalue weighted by molar-refractivity contribution is 6.04. The second-order valence-electron chi connectivity index (χ2n) is 6.35. The average Bonchev–Trinajstić information content (AvgIpc) is 3.35. The Morgan fingerprint density at radius 3 is 2.86 bits per heavy atom. The summed E-state index contributed by atoms with van der Waals surface area (Å²) in [6.07, 6.45) is 7.02. The minimum absolute atomic E-state index is 0.544. The predicted molar refractivity (Wildman–Crippen MR) is 118 cm³/mol. The number of hydrogen-bond donors (Lipinski definition) is 3. The summed E-state index contributed by atoms with van der Waals surface area (Å²) >= 11 is 0. The van der Waals surface area contributed by atoms with E-state index in [0.29, 0.717) is 12.4 Å². The summed E-state index contributed by atoms with van der Waals surface area (Å²) in [6, 6.07) is 14.3. The lowest BCUT2D eigenvalue weighted by Crippen LogP contribution is -2.09. The molecule has 3 N–H and O–H groups in total. The minimum Gasteiger partial charge on any atom is -0.355 e. The van der Waals surface area contributed by atoms with Gasteiger partial charge in [0.15, 0.2) is 0 Å². The number of aromatic nitrogens is 3. The Bertz CT molecular complexity index is 1210. The van der Waals surface area contributed by atoms with Crippen molar-refractivity contribution in [2.24, 2.45) is 9.98 Å². The number of amidine groups is 1. The maximum absolute atomic E-state index is 4.71. The highest BCUT2D eigenvalue weighted by Crippen LogP contribution is 2.19. The zero-order valence-electron chi connectivity index (χ0n) is 15.3. The van der Waals surface area contributed by atoms with Crippen LogP contribution >= 0.6 is 0 Å². The molecule has 0 unspecified atom stereocenters. The van der Waals surface area contributed by atoms with E-state index in [-0.39, 0.29) is 0 Å². The van der Waals surface area contributed by atoms with Crippen LogP contribution in [0.1, 0.15) is 11.3 Å². The smallest absolute Gasteiger partial charge is 0.127 e. The second-order valence-corrected chi connectivity index (χ2v) is 6.35. The summed E-state index contributed by atoms with van der Waals surface area (Å²) in [5.41, 5.74) is 5.13. The van der Waals surface area contributed by atoms with Crippen LogP contribution in [0.2, 0.25) is 0 Å². The molecule has 0 radical (unpaired) electrons. The van der Waals surface area contributed by atoms with Crippen molar-refractivity contribution in [3.63, 3.8) is 0 Å². The number of anilines is 1. The van der Waals surface area contributed by atoms with Crippen molar-refractivity contribution in [2.75, 3.05) is 5.32 Å². The van der Waals surface area contributed by atoms with Crippen LogP contribution in [0.4, 0.5) is 5.69 Å². The van der Waals surface area contributed by atoms with Gasteiger partial charge in [-0.2, -0.15) is 5.10 Å². The zero-order chi connectivity index (χ0) is 19.3. The monoisotopic (exact) mass is 368 g/mol. The molecule has 0 spiro atoms. The van der Waals surface area contributed by atoms with Crippen molar-refractivity contribution < 1.29 is 0 Å². The third kappa shape index (κ3) is 3.76. The fraction of sp³-hybridized carbons (Fsp3) is 0.0455. The van der Waals surface area contributed by atoms with Gasteiger partial charge in [-0.1, -0.05) is 12.6 Å². The molecule has 0 aliphatic heterocycles. The molecule has 0 bridgehead atoms. The topological polar surface area (TPSA) is 81.2 Å². The largest absolute Gasteiger partial charge is 0.355 e. The molecular formula is C22H20N6. The van der Waals surface area contributed by atoms with Crippen molar-refractivity contribution in [1.82, 2.24) is 15.2 Å². The molecule has 0 fully saturated rings. The molecule has 0 saturated heterocycles. The lowest BCUT2D eigenvalue weighted by Gasteiger charge is -2.07. The first kappa shape index (κ1) is 17.5. The maximum Gasteiger partial charge on any atom is 0.127 e. The first-order valence-corrected chi connectivity index (χ1v) is 8.86. The van der Waals surface area contributed by atoms with Crippen molar-refractivity contribution in [2.45, 2.75) is 6.54 Å². The molecule has 4 rings (SSSR count). The number of fused-ring (bicyclic) bond motifs is 2. The van der Waals surface area contributed by atoms with Gasteiger partial charge in [0.2, 0.25) is 0 Å². The van der Waals surface area contributed by atoms with Crippen molar-refractivity contribution in [1.29, 1.82) is 0 Å². The molecule has 0 aliphatic carbocycles. The molecule has 2 aromatic carbocycles. The van der Waals surface area contributed by atoms with E-state index in [1.54, 1.807) is 18.5 Å². The molecule has 0 amide bonds. The Morgan fingerprint density at radius 1 is 1.11 bits per heavy atom. The summed E-state index contributed by atoms with van der Waals surface area (Å²) < 4.78 is 0. The van der Waals surface area contributed by atoms with Gasteiger partial charge >= 0.3 is 0 Å². The van der Waals surface area contributed by atoms with Gasteiger partial charge in [-0.15, -0.1) is 0 Å². The summed E-state index contributed by atoms with van der Waals surface area (Å²) in [5, 5.41) is 12.5. The Morgan fingerprint density at radius 2 is 2.00 bits per heavy atom. The number of benzene rings is 2. The molecule has 6 heteroatoms. The lowest BCUT2D eigenvalue weighted by atomic mass is 10.1. The van der Waals surface area contributed by atoms with Gasteiger partial charge in [0.1, 0.15) is 5.84 Å². The molecule has 0 atom stereocenters. The SMILES string of the molecule is C=Cc1cc2cc(C/N=C(\C=C/N=C)Nc3ccc4[nH]ncc4c3)ccc2[nH]1. The van der Waals surface area contributed by atoms with Crippen LogP contribution in [-0.4, -0.2) is 27.7 Å². The highest BCUT2D eigenvalue weighted by Gasteiger charge is 2.03. The van der Waals surface area contributed by atoms with Crippen LogP contribution in [0.15, 0.2) is 77.5 Å². The number of nitrogens with zero attached hydrogens (tertiary/aromatic N) is 3. The molecular weight excluding hydrogens is 348 g/mol. The highest BCUT2D eigenvalue weighted by atomic mass is 15.1. The second kappa shape index (κ2) is 7.75. The van der Waals surface area contributed by atoms with E-state index in [2.05, 4.69) is 63.1 Å². The first-order valence-electron chi connectivity index (χ1n) is 8.86. The number of hydrogen-bond acceptors (Lipinski definition) is 3. The van der Waals surface area contributed by atoms with Gasteiger partial charge in [0.05, 0.1) is 18.3 Å². The predicted octanol–water partition coefficient (Wildman–Crippen LogP) is 4.91. The lowest BCUT2D eigenvalue weighted by molar-refractivity contribution is 1.07. The average molecular weight is 368 g/mol. The number of rotatable bonds is 6. The number of nitrogens with one attached hydrogen (secondary N) is 3. The number of aliphatic imine (C=N–C) groups is 2. The standard InChI is InChI=1S/C22H20N6/c1-3-18-11-16-10-15(4-6-20(16)26-18)13-24-22(8-9-23-2)27-19-5-7-21-17(12-19)14-25-28-21/h3-12,14,26H,1-2,13H2,(H,24,27)(H,25,28)/b9-8-. The molecule has 4 aromatic rings. The maximum atomic E-state index is 4.71. The van der Waals surface area contributed by atoms with Gasteiger partial charge in [-0.25, -0.2) is 0 Å². The minimum atomic E-state index is 0.544. The van der Waals surface area contributed by atoms with Gasteiger partial charge in [-0.05, 0) is 60.8 Å². The molecule has 0 saturated carbocycles. The molecule has 6 nitrogen and oxygen atoms in total. The summed E-state index contributed by atoms with van der Waals surface area (Å²) in [5.74, 6) is 0.705. The van der Waals surface area contributed by atoms with Crippen molar-refractivity contribution in [3.05, 3.63) is 78.8 Å². The Labute approximate surface area is 162 Å². The van der Waals surface area contributed by atoms with E-state index in [4.69, 9.17) is 4.99 Å². The third-order valence-electron chi connectivity index (χ3n) is 4.41. The molecule has 138 valence electrons. The van der Waals surface area contributed by atoms with Gasteiger partial charge in [0.25, 0.3) is 0 Å². The Balaban J connectivity index is 1.57. The van der Waals surface area contributed by atoms with Crippen LogP contribution in [-0.2, 0) is 6.54 Å². The van der Waals surface area contributed by atoms with Gasteiger partial charge in [0, 0.05) is 33.9 Å². The zero-order valence-corrected chi connectivity index (χ0v) is 15.3. The Kier molecular flexibility index (Phi) is 4.84. The van der Waals surface area contributed by atoms with E-state index in [1.165, 1.54) is 0 Å². The third-order valence-corrected chi connectivity index (χ3v) is 4.41.